The number of hydrogen-bond donors (Lipinski definition) is 2. The molecule has 1 aliphatic heterocycles. The molecular weight excluding hydrogens is 336 g/mol. The fourth-order valence-electron chi connectivity index (χ4n) is 2.61. The van der Waals surface area contributed by atoms with Crippen LogP contribution in [0.15, 0.2) is 23.5 Å². The summed E-state index contributed by atoms with van der Waals surface area (Å²) in [7, 11) is 0. The van der Waals surface area contributed by atoms with Gasteiger partial charge < -0.3 is 24.9 Å². The van der Waals surface area contributed by atoms with Gasteiger partial charge in [0, 0.05) is 12.5 Å². The molecule has 0 aliphatic carbocycles. The van der Waals surface area contributed by atoms with Gasteiger partial charge in [0.2, 0.25) is 5.90 Å². The van der Waals surface area contributed by atoms with E-state index in [2.05, 4.69) is 26.9 Å². The zero-order valence-electron chi connectivity index (χ0n) is 14.8. The Morgan fingerprint density at radius 1 is 1.31 bits per heavy atom. The van der Waals surface area contributed by atoms with Crippen molar-refractivity contribution in [3.05, 3.63) is 18.5 Å². The van der Waals surface area contributed by atoms with Crippen LogP contribution < -0.4 is 10.5 Å². The van der Waals surface area contributed by atoms with E-state index < -0.39 is 0 Å². The molecule has 1 atom stereocenters. The second kappa shape index (κ2) is 8.61. The molecule has 140 valence electrons. The minimum atomic E-state index is -0.0267. The monoisotopic (exact) mass is 360 g/mol. The average molecular weight is 360 g/mol. The van der Waals surface area contributed by atoms with Crippen LogP contribution in [-0.4, -0.2) is 56.9 Å². The minimum absolute atomic E-state index is 0.0267. The minimum Gasteiger partial charge on any atom is -0.475 e. The van der Waals surface area contributed by atoms with Crippen molar-refractivity contribution in [3.63, 3.8) is 0 Å². The van der Waals surface area contributed by atoms with E-state index in [1.165, 1.54) is 0 Å². The fourth-order valence-corrected chi connectivity index (χ4v) is 2.61. The quantitative estimate of drug-likeness (QED) is 0.678. The Hall–Kier alpha value is -2.68. The molecule has 1 aliphatic rings. The van der Waals surface area contributed by atoms with Crippen molar-refractivity contribution >= 4 is 22.9 Å². The lowest BCUT2D eigenvalue weighted by Crippen LogP contribution is -2.18. The van der Waals surface area contributed by atoms with Gasteiger partial charge in [-0.1, -0.05) is 19.4 Å². The second-order valence-corrected chi connectivity index (χ2v) is 6.03. The number of fused-ring (bicyclic) bond motifs is 1. The van der Waals surface area contributed by atoms with Crippen LogP contribution in [0.2, 0.25) is 0 Å². The number of aliphatic hydroxyl groups is 1. The van der Waals surface area contributed by atoms with E-state index >= 15 is 0 Å². The summed E-state index contributed by atoms with van der Waals surface area (Å²) >= 11 is 0. The van der Waals surface area contributed by atoms with Gasteiger partial charge in [-0.05, 0) is 12.5 Å². The number of dihydropyridines is 1. The van der Waals surface area contributed by atoms with Crippen LogP contribution in [0.3, 0.4) is 0 Å². The van der Waals surface area contributed by atoms with Crippen LogP contribution in [0.1, 0.15) is 19.8 Å². The van der Waals surface area contributed by atoms with Crippen LogP contribution in [0.5, 0.6) is 6.01 Å². The lowest BCUT2D eigenvalue weighted by atomic mass is 10.1. The van der Waals surface area contributed by atoms with Crippen LogP contribution in [0.25, 0.3) is 11.2 Å². The molecule has 2 aromatic rings. The molecule has 3 rings (SSSR count). The number of hydrogen-bond acceptors (Lipinski definition) is 8. The molecule has 9 nitrogen and oxygen atoms in total. The van der Waals surface area contributed by atoms with Crippen molar-refractivity contribution < 1.29 is 14.6 Å². The zero-order valence-corrected chi connectivity index (χ0v) is 14.8. The summed E-state index contributed by atoms with van der Waals surface area (Å²) in [6, 6.07) is 0.280. The molecule has 9 heteroatoms. The molecule has 3 heterocycles. The first kappa shape index (κ1) is 18.1. The lowest BCUT2D eigenvalue weighted by molar-refractivity contribution is 0.194. The molecule has 0 bridgehead atoms. The van der Waals surface area contributed by atoms with Crippen LogP contribution in [0, 0.1) is 5.92 Å². The molecule has 1 unspecified atom stereocenters. The second-order valence-electron chi connectivity index (χ2n) is 6.03. The SMILES string of the molecule is CCCCOc1nc(N)c2ncn(CC3C=CC(OCCO)=NC3)c2n1. The Bertz CT molecular complexity index is 801. The number of nitrogens with two attached hydrogens (primary N) is 1. The summed E-state index contributed by atoms with van der Waals surface area (Å²) in [6.07, 6.45) is 7.54. The highest BCUT2D eigenvalue weighted by Gasteiger charge is 2.16. The van der Waals surface area contributed by atoms with Gasteiger partial charge >= 0.3 is 6.01 Å². The zero-order chi connectivity index (χ0) is 18.4. The van der Waals surface area contributed by atoms with Crippen LogP contribution in [-0.2, 0) is 11.3 Å². The number of aromatic nitrogens is 4. The Morgan fingerprint density at radius 3 is 2.92 bits per heavy atom. The van der Waals surface area contributed by atoms with Crippen molar-refractivity contribution in [3.8, 4) is 6.01 Å². The molecule has 26 heavy (non-hydrogen) atoms. The summed E-state index contributed by atoms with van der Waals surface area (Å²) in [5, 5.41) is 8.79. The van der Waals surface area contributed by atoms with Crippen molar-refractivity contribution in [2.24, 2.45) is 10.9 Å². The Labute approximate surface area is 151 Å². The Balaban J connectivity index is 1.70. The summed E-state index contributed by atoms with van der Waals surface area (Å²) in [5.74, 6) is 1.05. The van der Waals surface area contributed by atoms with Crippen molar-refractivity contribution in [2.45, 2.75) is 26.3 Å². The Morgan fingerprint density at radius 2 is 2.19 bits per heavy atom. The molecule has 0 aromatic carbocycles. The molecule has 0 amide bonds. The summed E-state index contributed by atoms with van der Waals surface area (Å²) in [6.45, 7) is 4.13. The molecule has 0 saturated heterocycles. The summed E-state index contributed by atoms with van der Waals surface area (Å²) in [5.41, 5.74) is 7.22. The number of aliphatic hydroxyl groups excluding tert-OH is 1. The number of nitrogen functional groups attached to an aromatic ring is 1. The fraction of sp³-hybridized carbons (Fsp3) is 0.529. The molecular formula is C17H24N6O3. The van der Waals surface area contributed by atoms with E-state index in [0.717, 1.165) is 12.8 Å². The summed E-state index contributed by atoms with van der Waals surface area (Å²) < 4.78 is 12.8. The van der Waals surface area contributed by atoms with Gasteiger partial charge in [-0.3, -0.25) is 4.99 Å². The molecule has 0 spiro atoms. The maximum Gasteiger partial charge on any atom is 0.320 e. The molecule has 3 N–H and O–H groups in total. The predicted octanol–water partition coefficient (Wildman–Crippen LogP) is 1.18. The number of rotatable bonds is 8. The van der Waals surface area contributed by atoms with Crippen molar-refractivity contribution in [1.29, 1.82) is 0 Å². The first-order valence-corrected chi connectivity index (χ1v) is 8.78. The highest BCUT2D eigenvalue weighted by molar-refractivity contribution is 5.88. The summed E-state index contributed by atoms with van der Waals surface area (Å²) in [4.78, 5) is 17.3. The smallest absolute Gasteiger partial charge is 0.320 e. The molecule has 0 saturated carbocycles. The largest absolute Gasteiger partial charge is 0.475 e. The first-order valence-electron chi connectivity index (χ1n) is 8.78. The van der Waals surface area contributed by atoms with Gasteiger partial charge in [-0.15, -0.1) is 0 Å². The number of anilines is 1. The predicted molar refractivity (Wildman–Crippen MR) is 98.1 cm³/mol. The van der Waals surface area contributed by atoms with E-state index in [1.807, 2.05) is 16.7 Å². The Kier molecular flexibility index (Phi) is 6.00. The van der Waals surface area contributed by atoms with E-state index in [4.69, 9.17) is 20.3 Å². The van der Waals surface area contributed by atoms with E-state index in [9.17, 15) is 0 Å². The highest BCUT2D eigenvalue weighted by Crippen LogP contribution is 2.21. The first-order chi connectivity index (χ1) is 12.7. The number of unbranched alkanes of at least 4 members (excludes halogenated alkanes) is 1. The third-order valence-electron chi connectivity index (χ3n) is 3.96. The van der Waals surface area contributed by atoms with Crippen molar-refractivity contribution in [1.82, 2.24) is 19.5 Å². The van der Waals surface area contributed by atoms with Gasteiger partial charge in [0.25, 0.3) is 0 Å². The third kappa shape index (κ3) is 4.29. The third-order valence-corrected chi connectivity index (χ3v) is 3.96. The van der Waals surface area contributed by atoms with Crippen molar-refractivity contribution in [2.75, 3.05) is 32.1 Å². The number of ether oxygens (including phenoxy) is 2. The van der Waals surface area contributed by atoms with E-state index in [1.54, 1.807) is 6.33 Å². The average Bonchev–Trinajstić information content (AvgIpc) is 3.05. The highest BCUT2D eigenvalue weighted by atomic mass is 16.5. The van der Waals surface area contributed by atoms with E-state index in [-0.39, 0.29) is 25.1 Å². The van der Waals surface area contributed by atoms with Gasteiger partial charge in [0.1, 0.15) is 6.61 Å². The van der Waals surface area contributed by atoms with Crippen LogP contribution >= 0.6 is 0 Å². The normalized spacial score (nSPS) is 16.7. The van der Waals surface area contributed by atoms with Gasteiger partial charge in [0.05, 0.1) is 26.1 Å². The molecule has 0 fully saturated rings. The van der Waals surface area contributed by atoms with Gasteiger partial charge in [-0.2, -0.15) is 9.97 Å². The van der Waals surface area contributed by atoms with Gasteiger partial charge in [-0.25, -0.2) is 4.98 Å². The standard InChI is InChI=1S/C17H24N6O3/c1-2-3-7-26-17-21-15(18)14-16(22-17)23(11-20-14)10-12-4-5-13(19-9-12)25-8-6-24/h4-5,11-12,24H,2-3,6-10H2,1H3,(H2,18,21,22). The molecule has 2 aromatic heterocycles. The van der Waals surface area contributed by atoms with Gasteiger partial charge in [0.15, 0.2) is 17.0 Å². The van der Waals surface area contributed by atoms with E-state index in [0.29, 0.717) is 42.6 Å². The maximum atomic E-state index is 8.79. The lowest BCUT2D eigenvalue weighted by Gasteiger charge is -2.16. The molecule has 0 radical (unpaired) electrons. The van der Waals surface area contributed by atoms with Crippen LogP contribution in [0.4, 0.5) is 5.82 Å². The number of aliphatic imine (C=N–C) groups is 1. The maximum absolute atomic E-state index is 8.79. The number of nitrogens with zero attached hydrogens (tertiary/aromatic N) is 5. The number of imidazole rings is 1. The topological polar surface area (TPSA) is 121 Å².